The number of carboxylic acids is 1. The molecule has 0 amide bonds. The summed E-state index contributed by atoms with van der Waals surface area (Å²) < 4.78 is 16.3. The van der Waals surface area contributed by atoms with Gasteiger partial charge in [-0.1, -0.05) is 26.0 Å². The van der Waals surface area contributed by atoms with Gasteiger partial charge in [0.2, 0.25) is 0 Å². The van der Waals surface area contributed by atoms with Crippen LogP contribution >= 0.6 is 37.2 Å². The highest BCUT2D eigenvalue weighted by Gasteiger charge is 2.45. The number of rotatable bonds is 8. The average molecular weight is 620 g/mol. The number of carboxylic acid groups (broad SMARTS) is 1. The van der Waals surface area contributed by atoms with Crippen LogP contribution in [0.2, 0.25) is 0 Å². The minimum absolute atomic E-state index is 0. The molecule has 1 spiro atoms. The molecule has 0 radical (unpaired) electrons. The molecule has 5 rings (SSSR count). The fourth-order valence-corrected chi connectivity index (χ4v) is 7.69. The molecule has 6 nitrogen and oxygen atoms in total. The van der Waals surface area contributed by atoms with Gasteiger partial charge < -0.3 is 10.0 Å². The summed E-state index contributed by atoms with van der Waals surface area (Å²) in [5.41, 5.74) is 4.13. The lowest BCUT2D eigenvalue weighted by molar-refractivity contribution is -0.145. The third-order valence-electron chi connectivity index (χ3n) is 9.73. The monoisotopic (exact) mass is 618 g/mol. The Morgan fingerprint density at radius 1 is 1.18 bits per heavy atom. The number of carbonyl (C=O) groups is 1. The zero-order valence-corrected chi connectivity index (χ0v) is 26.5. The molecule has 0 bridgehead atoms. The van der Waals surface area contributed by atoms with E-state index in [2.05, 4.69) is 33.7 Å². The van der Waals surface area contributed by atoms with Crippen molar-refractivity contribution in [2.75, 3.05) is 26.7 Å². The maximum absolute atomic E-state index is 14.2. The van der Waals surface area contributed by atoms with E-state index in [0.717, 1.165) is 51.0 Å². The molecular weight excluding hydrogens is 574 g/mol. The van der Waals surface area contributed by atoms with E-state index < -0.39 is 12.0 Å². The van der Waals surface area contributed by atoms with Crippen molar-refractivity contribution in [2.24, 2.45) is 11.8 Å². The molecule has 1 N–H and O–H groups in total. The lowest BCUT2D eigenvalue weighted by Crippen LogP contribution is -2.47. The Morgan fingerprint density at radius 2 is 1.88 bits per heavy atom. The molecule has 1 aromatic carbocycles. The van der Waals surface area contributed by atoms with Gasteiger partial charge in [0, 0.05) is 30.7 Å². The second kappa shape index (κ2) is 14.2. The van der Waals surface area contributed by atoms with Gasteiger partial charge in [0.15, 0.2) is 0 Å². The highest BCUT2D eigenvalue weighted by atomic mass is 35.5. The molecule has 226 valence electrons. The molecule has 4 atom stereocenters. The normalized spacial score (nSPS) is 24.3. The number of benzene rings is 1. The second-order valence-corrected chi connectivity index (χ2v) is 12.2. The van der Waals surface area contributed by atoms with Crippen molar-refractivity contribution in [3.8, 4) is 0 Å². The number of aryl methyl sites for hydroxylation is 2. The van der Waals surface area contributed by atoms with Gasteiger partial charge in [-0.2, -0.15) is 5.10 Å². The van der Waals surface area contributed by atoms with Gasteiger partial charge in [-0.25, -0.2) is 4.39 Å². The van der Waals surface area contributed by atoms with E-state index in [1.165, 1.54) is 36.6 Å². The Morgan fingerprint density at radius 3 is 2.48 bits per heavy atom. The summed E-state index contributed by atoms with van der Waals surface area (Å²) in [4.78, 5) is 16.8. The first-order valence-electron chi connectivity index (χ1n) is 14.2. The smallest absolute Gasteiger partial charge is 0.321 e. The number of nitrogens with zero attached hydrogens (tertiary/aromatic N) is 4. The summed E-state index contributed by atoms with van der Waals surface area (Å²) in [5.74, 6) is -0.302. The van der Waals surface area contributed by atoms with Crippen LogP contribution in [0.15, 0.2) is 30.5 Å². The fraction of sp³-hybridized carbons (Fsp3) is 0.667. The van der Waals surface area contributed by atoms with Gasteiger partial charge in [-0.05, 0) is 107 Å². The lowest BCUT2D eigenvalue weighted by Gasteiger charge is -2.41. The molecule has 0 unspecified atom stereocenters. The van der Waals surface area contributed by atoms with Crippen molar-refractivity contribution in [2.45, 2.75) is 89.3 Å². The molecule has 40 heavy (non-hydrogen) atoms. The van der Waals surface area contributed by atoms with Gasteiger partial charge in [0.1, 0.15) is 11.9 Å². The Bertz CT molecular complexity index is 1120. The predicted molar refractivity (Wildman–Crippen MR) is 165 cm³/mol. The van der Waals surface area contributed by atoms with Gasteiger partial charge in [0.25, 0.3) is 0 Å². The summed E-state index contributed by atoms with van der Waals surface area (Å²) in [6.45, 7) is 10.2. The minimum atomic E-state index is -0.757. The van der Waals surface area contributed by atoms with E-state index in [9.17, 15) is 14.3 Å². The standard InChI is InChI=1S/C30H43FN4O2.3ClH/c1-5-35-19-26-27(32-35)9-10-30(26)11-13-34(14-12-30)18-22-16-24(33(4)28(20(2)3)29(36)37)17-25(22)21-7-6-8-23(31)15-21;;;/h6-8,15,19-20,22,24-25,28H,5,9-14,16-18H2,1-4H3,(H,36,37);3*1H/t22-,24+,25-,28-;;;/m1.../s1. The maximum Gasteiger partial charge on any atom is 0.321 e. The van der Waals surface area contributed by atoms with Crippen molar-refractivity contribution in [1.82, 2.24) is 19.6 Å². The molecular formula is C30H46Cl3FN4O2. The van der Waals surface area contributed by atoms with Crippen LogP contribution in [-0.4, -0.2) is 69.4 Å². The van der Waals surface area contributed by atoms with Gasteiger partial charge >= 0.3 is 5.97 Å². The van der Waals surface area contributed by atoms with Crippen molar-refractivity contribution >= 4 is 43.2 Å². The number of hydrogen-bond acceptors (Lipinski definition) is 4. The Balaban J connectivity index is 0.00000187. The van der Waals surface area contributed by atoms with Crippen molar-refractivity contribution in [3.63, 3.8) is 0 Å². The highest BCUT2D eigenvalue weighted by molar-refractivity contribution is 5.86. The molecule has 1 aliphatic heterocycles. The summed E-state index contributed by atoms with van der Waals surface area (Å²) in [6, 6.07) is 6.73. The molecule has 2 heterocycles. The molecule has 3 aliphatic rings. The molecule has 2 fully saturated rings. The zero-order valence-electron chi connectivity index (χ0n) is 24.1. The van der Waals surface area contributed by atoms with E-state index in [4.69, 9.17) is 5.10 Å². The zero-order chi connectivity index (χ0) is 26.3. The third kappa shape index (κ3) is 6.81. The molecule has 1 saturated heterocycles. The Labute approximate surface area is 257 Å². The topological polar surface area (TPSA) is 61.6 Å². The summed E-state index contributed by atoms with van der Waals surface area (Å²) in [7, 11) is 1.97. The number of likely N-dealkylation sites (tertiary alicyclic amines) is 1. The first kappa shape index (κ1) is 34.8. The lowest BCUT2D eigenvalue weighted by atomic mass is 9.74. The third-order valence-corrected chi connectivity index (χ3v) is 9.73. The largest absolute Gasteiger partial charge is 0.480 e. The number of piperidine rings is 1. The second-order valence-electron chi connectivity index (χ2n) is 12.2. The number of likely N-dealkylation sites (N-methyl/N-ethyl adjacent to an activating group) is 1. The van der Waals surface area contributed by atoms with E-state index in [0.29, 0.717) is 5.92 Å². The van der Waals surface area contributed by atoms with E-state index in [1.54, 1.807) is 6.07 Å². The number of halogens is 4. The van der Waals surface area contributed by atoms with Crippen LogP contribution < -0.4 is 0 Å². The number of aliphatic carboxylic acids is 1. The van der Waals surface area contributed by atoms with Crippen molar-refractivity contribution in [1.29, 1.82) is 0 Å². The predicted octanol–water partition coefficient (Wildman–Crippen LogP) is 6.19. The van der Waals surface area contributed by atoms with Crippen LogP contribution in [0.3, 0.4) is 0 Å². The number of fused-ring (bicyclic) bond motifs is 2. The molecule has 2 aliphatic carbocycles. The average Bonchev–Trinajstić information content (AvgIpc) is 3.55. The van der Waals surface area contributed by atoms with Crippen molar-refractivity contribution in [3.05, 3.63) is 53.1 Å². The first-order chi connectivity index (χ1) is 17.7. The van der Waals surface area contributed by atoms with Crippen LogP contribution in [0.25, 0.3) is 0 Å². The summed E-state index contributed by atoms with van der Waals surface area (Å²) in [5, 5.41) is 14.7. The fourth-order valence-electron chi connectivity index (χ4n) is 7.69. The number of aromatic nitrogens is 2. The van der Waals surface area contributed by atoms with Crippen LogP contribution in [0.1, 0.15) is 75.6 Å². The Hall–Kier alpha value is -1.38. The molecule has 1 aromatic heterocycles. The minimum Gasteiger partial charge on any atom is -0.480 e. The van der Waals surface area contributed by atoms with Crippen LogP contribution in [0.4, 0.5) is 4.39 Å². The van der Waals surface area contributed by atoms with Crippen LogP contribution in [-0.2, 0) is 23.2 Å². The molecule has 1 saturated carbocycles. The molecule has 2 aromatic rings. The quantitative estimate of drug-likeness (QED) is 0.382. The number of hydrogen-bond donors (Lipinski definition) is 1. The van der Waals surface area contributed by atoms with Gasteiger partial charge in [-0.3, -0.25) is 14.4 Å². The Kier molecular flexibility index (Phi) is 12.4. The van der Waals surface area contributed by atoms with Crippen LogP contribution in [0, 0.1) is 17.7 Å². The van der Waals surface area contributed by atoms with E-state index in [-0.39, 0.29) is 66.3 Å². The van der Waals surface area contributed by atoms with E-state index in [1.807, 2.05) is 27.0 Å². The first-order valence-corrected chi connectivity index (χ1v) is 14.2. The van der Waals surface area contributed by atoms with Gasteiger partial charge in [0.05, 0.1) is 5.69 Å². The summed E-state index contributed by atoms with van der Waals surface area (Å²) >= 11 is 0. The highest BCUT2D eigenvalue weighted by Crippen LogP contribution is 2.47. The summed E-state index contributed by atoms with van der Waals surface area (Å²) in [6.07, 6.45) is 8.78. The molecule has 10 heteroatoms. The maximum atomic E-state index is 14.2. The van der Waals surface area contributed by atoms with Crippen LogP contribution in [0.5, 0.6) is 0 Å². The van der Waals surface area contributed by atoms with Gasteiger partial charge in [-0.15, -0.1) is 37.2 Å². The van der Waals surface area contributed by atoms with E-state index >= 15 is 0 Å². The SMILES string of the molecule is CCn1cc2c(n1)CCC21CCN(C[C@H]2C[C@H](N(C)[C@@H](C(=O)O)C(C)C)C[C@@H]2c2cccc(F)c2)CC1.Cl.Cl.Cl. The van der Waals surface area contributed by atoms with Crippen molar-refractivity contribution < 1.29 is 14.3 Å².